The normalized spacial score (nSPS) is 12.0. The van der Waals surface area contributed by atoms with Gasteiger partial charge in [-0.3, -0.25) is 0 Å². The average Bonchev–Trinajstić information content (AvgIpc) is 2.59. The van der Waals surface area contributed by atoms with Gasteiger partial charge in [-0.1, -0.05) is 42.5 Å². The van der Waals surface area contributed by atoms with Crippen LogP contribution in [0.2, 0.25) is 0 Å². The van der Waals surface area contributed by atoms with Crippen molar-refractivity contribution in [1.29, 1.82) is 0 Å². The first kappa shape index (κ1) is 10.8. The van der Waals surface area contributed by atoms with Crippen molar-refractivity contribution in [3.05, 3.63) is 72.4 Å². The molecule has 3 rings (SSSR count). The molecule has 0 amide bonds. The summed E-state index contributed by atoms with van der Waals surface area (Å²) in [6, 6.07) is 14.9. The Labute approximate surface area is 107 Å². The van der Waals surface area contributed by atoms with Crippen LogP contribution in [0.4, 0.5) is 5.69 Å². The van der Waals surface area contributed by atoms with E-state index in [-0.39, 0.29) is 0 Å². The third-order valence-electron chi connectivity index (χ3n) is 3.25. The van der Waals surface area contributed by atoms with Crippen molar-refractivity contribution >= 4 is 11.8 Å². The van der Waals surface area contributed by atoms with E-state index in [9.17, 15) is 0 Å². The molecule has 2 aromatic carbocycles. The number of fused-ring (bicyclic) bond motifs is 3. The zero-order valence-electron chi connectivity index (χ0n) is 10.2. The predicted octanol–water partition coefficient (Wildman–Crippen LogP) is 4.48. The fourth-order valence-corrected chi connectivity index (χ4v) is 2.46. The summed E-state index contributed by atoms with van der Waals surface area (Å²) < 4.78 is 0. The second-order valence-corrected chi connectivity index (χ2v) is 4.40. The molecular formula is C17H15N. The molecule has 0 aromatic heterocycles. The second-order valence-electron chi connectivity index (χ2n) is 4.40. The van der Waals surface area contributed by atoms with Gasteiger partial charge in [-0.05, 0) is 35.3 Å². The Kier molecular flexibility index (Phi) is 2.73. The Bertz CT molecular complexity index is 623. The van der Waals surface area contributed by atoms with Crippen molar-refractivity contribution in [3.63, 3.8) is 0 Å². The van der Waals surface area contributed by atoms with Crippen molar-refractivity contribution in [2.75, 3.05) is 5.32 Å². The van der Waals surface area contributed by atoms with Crippen LogP contribution in [0.25, 0.3) is 17.2 Å². The molecule has 88 valence electrons. The molecule has 1 heterocycles. The van der Waals surface area contributed by atoms with Crippen LogP contribution in [0, 0.1) is 0 Å². The topological polar surface area (TPSA) is 12.0 Å². The molecule has 0 radical (unpaired) electrons. The van der Waals surface area contributed by atoms with Gasteiger partial charge in [0.15, 0.2) is 0 Å². The molecular weight excluding hydrogens is 218 g/mol. The fraction of sp³-hybridized carbons (Fsp3) is 0.0588. The smallest absolute Gasteiger partial charge is 0.0462 e. The molecule has 18 heavy (non-hydrogen) atoms. The molecule has 1 nitrogen and oxygen atoms in total. The van der Waals surface area contributed by atoms with Gasteiger partial charge in [-0.2, -0.15) is 0 Å². The average molecular weight is 233 g/mol. The lowest BCUT2D eigenvalue weighted by Gasteiger charge is -2.14. The summed E-state index contributed by atoms with van der Waals surface area (Å²) in [5.41, 5.74) is 6.30. The van der Waals surface area contributed by atoms with Crippen LogP contribution in [-0.4, -0.2) is 0 Å². The third kappa shape index (κ3) is 1.74. The van der Waals surface area contributed by atoms with Crippen molar-refractivity contribution in [3.8, 4) is 11.1 Å². The molecule has 1 aliphatic rings. The van der Waals surface area contributed by atoms with Gasteiger partial charge in [0.05, 0.1) is 0 Å². The van der Waals surface area contributed by atoms with Crippen LogP contribution < -0.4 is 5.32 Å². The van der Waals surface area contributed by atoms with E-state index >= 15 is 0 Å². The lowest BCUT2D eigenvalue weighted by molar-refractivity contribution is 1.28. The molecule has 0 aliphatic carbocycles. The Morgan fingerprint density at radius 3 is 2.83 bits per heavy atom. The second kappa shape index (κ2) is 4.53. The van der Waals surface area contributed by atoms with Crippen molar-refractivity contribution < 1.29 is 0 Å². The Balaban J connectivity index is 2.30. The number of anilines is 1. The zero-order chi connectivity index (χ0) is 12.4. The minimum atomic E-state index is 0.888. The molecule has 0 spiro atoms. The van der Waals surface area contributed by atoms with Crippen molar-refractivity contribution in [2.24, 2.45) is 0 Å². The predicted molar refractivity (Wildman–Crippen MR) is 78.4 cm³/mol. The molecule has 0 bridgehead atoms. The monoisotopic (exact) mass is 233 g/mol. The maximum Gasteiger partial charge on any atom is 0.0462 e. The summed E-state index contributed by atoms with van der Waals surface area (Å²) in [7, 11) is 0. The minimum Gasteiger partial charge on any atom is -0.361 e. The van der Waals surface area contributed by atoms with E-state index in [1.165, 1.54) is 22.3 Å². The standard InChI is InChI=1S/C17H15N/c1-2-6-14-8-5-10-16-17(14)15-9-4-3-7-13(15)11-12-18-16/h2-5,7-12,18H,1,6H2. The van der Waals surface area contributed by atoms with E-state index < -0.39 is 0 Å². The molecule has 0 saturated carbocycles. The van der Waals surface area contributed by atoms with Gasteiger partial charge < -0.3 is 5.32 Å². The highest BCUT2D eigenvalue weighted by atomic mass is 14.8. The SMILES string of the molecule is C=CCc1cccc2c1-c1ccccc1C=CN2. The summed E-state index contributed by atoms with van der Waals surface area (Å²) in [6.45, 7) is 3.85. The maximum atomic E-state index is 3.85. The van der Waals surface area contributed by atoms with Crippen molar-refractivity contribution in [2.45, 2.75) is 6.42 Å². The zero-order valence-corrected chi connectivity index (χ0v) is 10.2. The Morgan fingerprint density at radius 1 is 1.06 bits per heavy atom. The molecule has 1 N–H and O–H groups in total. The van der Waals surface area contributed by atoms with Crippen LogP contribution in [0.15, 0.2) is 61.3 Å². The van der Waals surface area contributed by atoms with Crippen LogP contribution in [-0.2, 0) is 6.42 Å². The highest BCUT2D eigenvalue weighted by Gasteiger charge is 2.13. The summed E-state index contributed by atoms with van der Waals surface area (Å²) in [5, 5.41) is 3.36. The molecule has 0 atom stereocenters. The summed E-state index contributed by atoms with van der Waals surface area (Å²) in [6.07, 6.45) is 6.96. The number of hydrogen-bond donors (Lipinski definition) is 1. The quantitative estimate of drug-likeness (QED) is 0.754. The maximum absolute atomic E-state index is 3.85. The first-order valence-electron chi connectivity index (χ1n) is 6.15. The highest BCUT2D eigenvalue weighted by Crippen LogP contribution is 2.36. The summed E-state index contributed by atoms with van der Waals surface area (Å²) >= 11 is 0. The molecule has 0 fully saturated rings. The summed E-state index contributed by atoms with van der Waals surface area (Å²) in [4.78, 5) is 0. The first-order chi connectivity index (χ1) is 8.90. The van der Waals surface area contributed by atoms with Crippen LogP contribution in [0.3, 0.4) is 0 Å². The molecule has 0 unspecified atom stereocenters. The number of allylic oxidation sites excluding steroid dienone is 1. The number of rotatable bonds is 2. The van der Waals surface area contributed by atoms with Crippen molar-refractivity contribution in [1.82, 2.24) is 0 Å². The summed E-state index contributed by atoms with van der Waals surface area (Å²) in [5.74, 6) is 0. The van der Waals surface area contributed by atoms with E-state index in [0.717, 1.165) is 12.1 Å². The third-order valence-corrected chi connectivity index (χ3v) is 3.25. The van der Waals surface area contributed by atoms with Crippen LogP contribution >= 0.6 is 0 Å². The van der Waals surface area contributed by atoms with E-state index in [1.54, 1.807) is 0 Å². The number of nitrogens with one attached hydrogen (secondary N) is 1. The minimum absolute atomic E-state index is 0.888. The first-order valence-corrected chi connectivity index (χ1v) is 6.15. The molecule has 1 aliphatic heterocycles. The molecule has 2 aromatic rings. The van der Waals surface area contributed by atoms with Gasteiger partial charge in [-0.15, -0.1) is 6.58 Å². The highest BCUT2D eigenvalue weighted by molar-refractivity contribution is 5.89. The lowest BCUT2D eigenvalue weighted by atomic mass is 9.93. The van der Waals surface area contributed by atoms with Gasteiger partial charge >= 0.3 is 0 Å². The fourth-order valence-electron chi connectivity index (χ4n) is 2.46. The number of hydrogen-bond acceptors (Lipinski definition) is 1. The van der Waals surface area contributed by atoms with Crippen LogP contribution in [0.1, 0.15) is 11.1 Å². The largest absolute Gasteiger partial charge is 0.361 e. The Morgan fingerprint density at radius 2 is 1.94 bits per heavy atom. The number of benzene rings is 2. The van der Waals surface area contributed by atoms with Gasteiger partial charge in [0.1, 0.15) is 0 Å². The van der Waals surface area contributed by atoms with Crippen LogP contribution in [0.5, 0.6) is 0 Å². The van der Waals surface area contributed by atoms with Gasteiger partial charge in [0.2, 0.25) is 0 Å². The lowest BCUT2D eigenvalue weighted by Crippen LogP contribution is -1.94. The Hall–Kier alpha value is -2.28. The van der Waals surface area contributed by atoms with Gasteiger partial charge in [-0.25, -0.2) is 0 Å². The van der Waals surface area contributed by atoms with Gasteiger partial charge in [0, 0.05) is 17.5 Å². The molecule has 1 heteroatoms. The van der Waals surface area contributed by atoms with Gasteiger partial charge in [0.25, 0.3) is 0 Å². The van der Waals surface area contributed by atoms with E-state index in [4.69, 9.17) is 0 Å². The van der Waals surface area contributed by atoms with E-state index in [2.05, 4.69) is 60.4 Å². The van der Waals surface area contributed by atoms with E-state index in [1.807, 2.05) is 12.3 Å². The molecule has 0 saturated heterocycles. The van der Waals surface area contributed by atoms with E-state index in [0.29, 0.717) is 0 Å².